The fourth-order valence-electron chi connectivity index (χ4n) is 1.87. The van der Waals surface area contributed by atoms with Crippen molar-refractivity contribution in [3.8, 4) is 0 Å². The maximum atomic E-state index is 5.80. The SMILES string of the molecule is ClC(Cl)C1=CSC(C2CCNCC2)N1. The molecule has 14 heavy (non-hydrogen) atoms. The number of rotatable bonds is 2. The predicted octanol–water partition coefficient (Wildman–Crippen LogP) is 2.29. The maximum Gasteiger partial charge on any atom is 0.147 e. The van der Waals surface area contributed by atoms with Crippen LogP contribution in [0.1, 0.15) is 12.8 Å². The highest BCUT2D eigenvalue weighted by Gasteiger charge is 2.28. The van der Waals surface area contributed by atoms with Crippen molar-refractivity contribution in [1.82, 2.24) is 10.6 Å². The van der Waals surface area contributed by atoms with Crippen LogP contribution in [-0.4, -0.2) is 23.3 Å². The quantitative estimate of drug-likeness (QED) is 0.738. The zero-order chi connectivity index (χ0) is 9.97. The van der Waals surface area contributed by atoms with E-state index in [0.717, 1.165) is 24.7 Å². The van der Waals surface area contributed by atoms with Crippen LogP contribution >= 0.6 is 35.0 Å². The average molecular weight is 253 g/mol. The highest BCUT2D eigenvalue weighted by molar-refractivity contribution is 8.03. The number of allylic oxidation sites excluding steroid dienone is 1. The van der Waals surface area contributed by atoms with E-state index in [9.17, 15) is 0 Å². The lowest BCUT2D eigenvalue weighted by Crippen LogP contribution is -2.38. The van der Waals surface area contributed by atoms with Crippen molar-refractivity contribution < 1.29 is 0 Å². The molecule has 2 rings (SSSR count). The van der Waals surface area contributed by atoms with Crippen molar-refractivity contribution in [2.24, 2.45) is 5.92 Å². The van der Waals surface area contributed by atoms with Gasteiger partial charge in [0.25, 0.3) is 0 Å². The second-order valence-electron chi connectivity index (χ2n) is 3.66. The first-order valence-electron chi connectivity index (χ1n) is 4.88. The number of hydrogen-bond donors (Lipinski definition) is 2. The number of halogens is 2. The number of piperidine rings is 1. The molecule has 0 saturated carbocycles. The molecular weight excluding hydrogens is 239 g/mol. The number of nitrogens with one attached hydrogen (secondary N) is 2. The van der Waals surface area contributed by atoms with Gasteiger partial charge in [-0.2, -0.15) is 0 Å². The summed E-state index contributed by atoms with van der Waals surface area (Å²) in [6.45, 7) is 2.26. The molecule has 0 aromatic rings. The molecule has 0 aromatic carbocycles. The van der Waals surface area contributed by atoms with E-state index in [1.165, 1.54) is 12.8 Å². The van der Waals surface area contributed by atoms with E-state index in [1.54, 1.807) is 0 Å². The monoisotopic (exact) mass is 252 g/mol. The van der Waals surface area contributed by atoms with Gasteiger partial charge in [0.05, 0.1) is 11.1 Å². The molecule has 2 N–H and O–H groups in total. The first-order chi connectivity index (χ1) is 6.77. The minimum absolute atomic E-state index is 0.408. The molecule has 2 aliphatic heterocycles. The van der Waals surface area contributed by atoms with Crippen molar-refractivity contribution in [3.05, 3.63) is 11.1 Å². The van der Waals surface area contributed by atoms with Crippen molar-refractivity contribution >= 4 is 35.0 Å². The summed E-state index contributed by atoms with van der Waals surface area (Å²) in [7, 11) is 0. The standard InChI is InChI=1S/C9H14Cl2N2S/c10-8(11)7-5-14-9(13-7)6-1-3-12-4-2-6/h5-6,8-9,12-13H,1-4H2. The average Bonchev–Trinajstić information content (AvgIpc) is 2.68. The Labute approximate surface area is 98.8 Å². The van der Waals surface area contributed by atoms with Gasteiger partial charge in [-0.15, -0.1) is 11.8 Å². The van der Waals surface area contributed by atoms with Gasteiger partial charge in [0.15, 0.2) is 0 Å². The van der Waals surface area contributed by atoms with Crippen LogP contribution < -0.4 is 10.6 Å². The van der Waals surface area contributed by atoms with Crippen molar-refractivity contribution in [2.45, 2.75) is 23.1 Å². The number of alkyl halides is 2. The van der Waals surface area contributed by atoms with Gasteiger partial charge in [-0.05, 0) is 37.3 Å². The lowest BCUT2D eigenvalue weighted by Gasteiger charge is -2.28. The predicted molar refractivity (Wildman–Crippen MR) is 63.7 cm³/mol. The van der Waals surface area contributed by atoms with Crippen LogP contribution in [0.3, 0.4) is 0 Å². The molecule has 0 aromatic heterocycles. The maximum absolute atomic E-state index is 5.80. The highest BCUT2D eigenvalue weighted by atomic mass is 35.5. The van der Waals surface area contributed by atoms with Crippen LogP contribution in [0.25, 0.3) is 0 Å². The van der Waals surface area contributed by atoms with Crippen LogP contribution in [0.5, 0.6) is 0 Å². The molecule has 0 amide bonds. The van der Waals surface area contributed by atoms with Crippen molar-refractivity contribution in [3.63, 3.8) is 0 Å². The molecule has 5 heteroatoms. The minimum atomic E-state index is -0.408. The van der Waals surface area contributed by atoms with E-state index in [4.69, 9.17) is 23.2 Å². The van der Waals surface area contributed by atoms with Gasteiger partial charge >= 0.3 is 0 Å². The smallest absolute Gasteiger partial charge is 0.147 e. The van der Waals surface area contributed by atoms with E-state index in [-0.39, 0.29) is 0 Å². The summed E-state index contributed by atoms with van der Waals surface area (Å²) in [5.74, 6) is 0.738. The van der Waals surface area contributed by atoms with Gasteiger partial charge < -0.3 is 10.6 Å². The summed E-state index contributed by atoms with van der Waals surface area (Å²) in [6.07, 6.45) is 2.47. The first kappa shape index (κ1) is 10.9. The summed E-state index contributed by atoms with van der Waals surface area (Å²) < 4.78 is 0. The van der Waals surface area contributed by atoms with Gasteiger partial charge in [0.2, 0.25) is 0 Å². The van der Waals surface area contributed by atoms with E-state index in [1.807, 2.05) is 11.8 Å². The molecule has 0 spiro atoms. The molecule has 2 aliphatic rings. The molecule has 1 atom stereocenters. The Hall–Kier alpha value is 0.430. The fraction of sp³-hybridized carbons (Fsp3) is 0.778. The second-order valence-corrected chi connectivity index (χ2v) is 5.77. The van der Waals surface area contributed by atoms with Gasteiger partial charge in [-0.3, -0.25) is 0 Å². The Kier molecular flexibility index (Phi) is 3.88. The normalized spacial score (nSPS) is 29.1. The molecule has 0 aliphatic carbocycles. The minimum Gasteiger partial charge on any atom is -0.373 e. The van der Waals surface area contributed by atoms with Gasteiger partial charge in [0, 0.05) is 0 Å². The topological polar surface area (TPSA) is 24.1 Å². The molecular formula is C9H14Cl2N2S. The van der Waals surface area contributed by atoms with Crippen molar-refractivity contribution in [2.75, 3.05) is 13.1 Å². The third-order valence-corrected chi connectivity index (χ3v) is 4.35. The Balaban J connectivity index is 1.84. The molecule has 2 nitrogen and oxygen atoms in total. The Morgan fingerprint density at radius 3 is 2.64 bits per heavy atom. The third-order valence-electron chi connectivity index (χ3n) is 2.70. The highest BCUT2D eigenvalue weighted by Crippen LogP contribution is 2.33. The van der Waals surface area contributed by atoms with Crippen LogP contribution in [-0.2, 0) is 0 Å². The Morgan fingerprint density at radius 1 is 1.36 bits per heavy atom. The summed E-state index contributed by atoms with van der Waals surface area (Å²) >= 11 is 13.4. The van der Waals surface area contributed by atoms with Crippen LogP contribution in [0, 0.1) is 5.92 Å². The summed E-state index contributed by atoms with van der Waals surface area (Å²) in [5, 5.41) is 9.29. The van der Waals surface area contributed by atoms with Gasteiger partial charge in [0.1, 0.15) is 4.84 Å². The zero-order valence-electron chi connectivity index (χ0n) is 7.80. The first-order valence-corrected chi connectivity index (χ1v) is 6.70. The molecule has 1 saturated heterocycles. The lowest BCUT2D eigenvalue weighted by molar-refractivity contribution is 0.350. The largest absolute Gasteiger partial charge is 0.373 e. The third kappa shape index (κ3) is 2.51. The molecule has 2 heterocycles. The fourth-order valence-corrected chi connectivity index (χ4v) is 3.47. The summed E-state index contributed by atoms with van der Waals surface area (Å²) in [4.78, 5) is -0.408. The second kappa shape index (κ2) is 4.97. The molecule has 1 fully saturated rings. The Bertz CT molecular complexity index is 227. The van der Waals surface area contributed by atoms with Crippen LogP contribution in [0.15, 0.2) is 11.1 Å². The number of hydrogen-bond acceptors (Lipinski definition) is 3. The Morgan fingerprint density at radius 2 is 2.07 bits per heavy atom. The number of thioether (sulfide) groups is 1. The van der Waals surface area contributed by atoms with E-state index >= 15 is 0 Å². The van der Waals surface area contributed by atoms with Crippen molar-refractivity contribution in [1.29, 1.82) is 0 Å². The van der Waals surface area contributed by atoms with E-state index in [2.05, 4.69) is 16.0 Å². The van der Waals surface area contributed by atoms with Crippen LogP contribution in [0.2, 0.25) is 0 Å². The van der Waals surface area contributed by atoms with Gasteiger partial charge in [-0.25, -0.2) is 0 Å². The molecule has 1 unspecified atom stereocenters. The van der Waals surface area contributed by atoms with E-state index < -0.39 is 4.84 Å². The molecule has 0 bridgehead atoms. The molecule has 80 valence electrons. The van der Waals surface area contributed by atoms with E-state index in [0.29, 0.717) is 5.37 Å². The summed E-state index contributed by atoms with van der Waals surface area (Å²) in [6, 6.07) is 0. The van der Waals surface area contributed by atoms with Crippen LogP contribution in [0.4, 0.5) is 0 Å². The molecule has 0 radical (unpaired) electrons. The zero-order valence-corrected chi connectivity index (χ0v) is 10.1. The van der Waals surface area contributed by atoms with Gasteiger partial charge in [-0.1, -0.05) is 23.2 Å². The summed E-state index contributed by atoms with van der Waals surface area (Å²) in [5.41, 5.74) is 0.960. The lowest BCUT2D eigenvalue weighted by atomic mass is 9.98.